The molecule has 1 aliphatic rings. The number of benzene rings is 3. The van der Waals surface area contributed by atoms with Crippen LogP contribution in [0, 0.1) is 0 Å². The first-order valence-corrected chi connectivity index (χ1v) is 13.2. The standard InChI is InChI=1S/C11H14N2.C8H9BrN2.C6H8N2.C3H6.C2H6.3CH4/c1-9-8-10(2)13(12-9)11-6-4-3-5-7-11;1-7(9)10-11-8-5-3-2-4-6-8;7-8-6-4-2-1-3-5-6;1-3-2;1-2;;;/h3-7,10H,8H2,1-2H3;2-6,11H,1H3;1-5,8H,7H2;3H,1H2,2H3;1-2H3;3*1H4/i;;;;;2*1D;. The molecule has 0 saturated carbocycles. The zero-order valence-electron chi connectivity index (χ0n) is 27.0. The van der Waals surface area contributed by atoms with Crippen LogP contribution >= 0.6 is 15.9 Å². The van der Waals surface area contributed by atoms with Crippen LogP contribution in [-0.2, 0) is 0 Å². The number of nitrogens with one attached hydrogen (secondary N) is 2. The molecule has 0 bridgehead atoms. The van der Waals surface area contributed by atoms with Crippen molar-refractivity contribution in [2.45, 2.75) is 76.2 Å². The second kappa shape index (κ2) is 28.6. The van der Waals surface area contributed by atoms with E-state index < -0.39 is 0 Å². The summed E-state index contributed by atoms with van der Waals surface area (Å²) >= 11 is 3.22. The van der Waals surface area contributed by atoms with E-state index in [-0.39, 0.29) is 7.43 Å². The Morgan fingerprint density at radius 2 is 1.38 bits per heavy atom. The van der Waals surface area contributed by atoms with Crippen molar-refractivity contribution in [2.75, 3.05) is 15.9 Å². The van der Waals surface area contributed by atoms with Crippen LogP contribution < -0.4 is 21.7 Å². The summed E-state index contributed by atoms with van der Waals surface area (Å²) in [6.45, 7) is 15.4. The van der Waals surface area contributed by atoms with Crippen molar-refractivity contribution in [2.24, 2.45) is 16.0 Å². The van der Waals surface area contributed by atoms with Gasteiger partial charge in [-0.2, -0.15) is 10.2 Å². The zero-order valence-corrected chi connectivity index (χ0v) is 26.6. The molecule has 1 aliphatic heterocycles. The molecule has 1 atom stereocenters. The lowest BCUT2D eigenvalue weighted by atomic mass is 10.2. The number of hydrogen-bond acceptors (Lipinski definition) is 6. The van der Waals surface area contributed by atoms with E-state index >= 15 is 0 Å². The number of halogens is 1. The SMILES string of the molecule is C.C=CC.CC.CC(Br)=NNc1ccccc1.CC1=NN(c2ccccc2)C(C)C1.NNc1ccccc1.[2H]C.[2H]C. The number of para-hydroxylation sites is 3. The molecule has 0 amide bonds. The van der Waals surface area contributed by atoms with Crippen LogP contribution in [0.15, 0.2) is 114 Å². The molecule has 0 aliphatic carbocycles. The maximum absolute atomic E-state index is 5.75. The second-order valence-electron chi connectivity index (χ2n) is 7.57. The van der Waals surface area contributed by atoms with E-state index in [2.05, 4.69) is 74.6 Å². The van der Waals surface area contributed by atoms with Gasteiger partial charge in [-0.25, -0.2) is 0 Å². The first kappa shape index (κ1) is 38.7. The number of hydrazine groups is 1. The largest absolute Gasteiger partial charge is 0.324 e. The summed E-state index contributed by atoms with van der Waals surface area (Å²) in [6, 6.07) is 30.2. The van der Waals surface area contributed by atoms with Gasteiger partial charge in [-0.1, -0.05) is 96.8 Å². The van der Waals surface area contributed by atoms with Gasteiger partial charge in [0, 0.05) is 20.6 Å². The zero-order chi connectivity index (χ0) is 31.9. The van der Waals surface area contributed by atoms with E-state index in [9.17, 15) is 0 Å². The molecule has 0 saturated heterocycles. The average molecular weight is 618 g/mol. The predicted molar refractivity (Wildman–Crippen MR) is 190 cm³/mol. The van der Waals surface area contributed by atoms with Gasteiger partial charge in [0.2, 0.25) is 0 Å². The topological polar surface area (TPSA) is 78.0 Å². The van der Waals surface area contributed by atoms with E-state index in [0.29, 0.717) is 6.04 Å². The summed E-state index contributed by atoms with van der Waals surface area (Å²) in [6.07, 6.45) is 2.83. The highest BCUT2D eigenvalue weighted by atomic mass is 79.9. The third-order valence-corrected chi connectivity index (χ3v) is 4.54. The van der Waals surface area contributed by atoms with Gasteiger partial charge in [0.25, 0.3) is 0 Å². The van der Waals surface area contributed by atoms with Crippen molar-refractivity contribution >= 4 is 43.3 Å². The van der Waals surface area contributed by atoms with E-state index in [1.54, 1.807) is 6.08 Å². The van der Waals surface area contributed by atoms with Crippen LogP contribution in [0.3, 0.4) is 0 Å². The van der Waals surface area contributed by atoms with Gasteiger partial charge in [-0.15, -0.1) is 6.58 Å². The highest BCUT2D eigenvalue weighted by molar-refractivity contribution is 9.18. The summed E-state index contributed by atoms with van der Waals surface area (Å²) in [5.74, 6) is 5.10. The van der Waals surface area contributed by atoms with Crippen molar-refractivity contribution in [3.8, 4) is 0 Å². The fraction of sp³-hybridized carbons (Fsp3) is 0.333. The lowest BCUT2D eigenvalue weighted by molar-refractivity contribution is 0.724. The monoisotopic (exact) mass is 616 g/mol. The van der Waals surface area contributed by atoms with Gasteiger partial charge >= 0.3 is 0 Å². The van der Waals surface area contributed by atoms with E-state index in [0.717, 1.165) is 22.4 Å². The number of nitrogens with two attached hydrogens (primary N) is 1. The van der Waals surface area contributed by atoms with E-state index in [4.69, 9.17) is 8.58 Å². The van der Waals surface area contributed by atoms with Gasteiger partial charge in [-0.05, 0) is 80.0 Å². The minimum Gasteiger partial charge on any atom is -0.324 e. The maximum Gasteiger partial charge on any atom is 0.100 e. The second-order valence-corrected chi connectivity index (χ2v) is 8.72. The highest BCUT2D eigenvalue weighted by Gasteiger charge is 2.20. The number of anilines is 3. The molecule has 4 rings (SSSR count). The summed E-state index contributed by atoms with van der Waals surface area (Å²) in [5, 5.41) is 10.6. The number of nitrogens with zero attached hydrogens (tertiary/aromatic N) is 3. The van der Waals surface area contributed by atoms with E-state index in [1.165, 1.54) is 26.2 Å². The first-order valence-electron chi connectivity index (χ1n) is 14.4. The maximum atomic E-state index is 5.75. The normalized spacial score (nSPS) is 12.8. The van der Waals surface area contributed by atoms with Crippen LogP contribution in [-0.4, -0.2) is 16.4 Å². The summed E-state index contributed by atoms with van der Waals surface area (Å²) in [7, 11) is 2.50. The Morgan fingerprint density at radius 3 is 1.70 bits per heavy atom. The molecule has 4 N–H and O–H groups in total. The molecule has 0 radical (unpaired) electrons. The molecule has 7 heteroatoms. The quantitative estimate of drug-likeness (QED) is 0.118. The van der Waals surface area contributed by atoms with Crippen LogP contribution in [0.25, 0.3) is 0 Å². The Labute approximate surface area is 257 Å². The third-order valence-electron chi connectivity index (χ3n) is 4.36. The molecule has 224 valence electrons. The van der Waals surface area contributed by atoms with Crippen LogP contribution in [0.2, 0.25) is 0 Å². The van der Waals surface area contributed by atoms with Crippen molar-refractivity contribution in [1.82, 2.24) is 0 Å². The fourth-order valence-corrected chi connectivity index (χ4v) is 3.01. The summed E-state index contributed by atoms with van der Waals surface area (Å²) in [5.41, 5.74) is 9.75. The average Bonchev–Trinajstić information content (AvgIpc) is 3.39. The summed E-state index contributed by atoms with van der Waals surface area (Å²) in [4.78, 5) is 0. The third kappa shape index (κ3) is 20.5. The molecule has 40 heavy (non-hydrogen) atoms. The lowest BCUT2D eigenvalue weighted by Gasteiger charge is -2.19. The lowest BCUT2D eigenvalue weighted by Crippen LogP contribution is -2.22. The number of hydrogen-bond donors (Lipinski definition) is 3. The molecule has 1 heterocycles. The molecular weight excluding hydrogens is 560 g/mol. The van der Waals surface area contributed by atoms with Gasteiger partial charge in [0.15, 0.2) is 0 Å². The molecule has 3 aromatic carbocycles. The molecular formula is C33H55BrN6. The van der Waals surface area contributed by atoms with E-state index in [1.807, 2.05) is 107 Å². The molecule has 6 nitrogen and oxygen atoms in total. The molecule has 0 aromatic heterocycles. The molecule has 1 unspecified atom stereocenters. The van der Waals surface area contributed by atoms with Crippen LogP contribution in [0.1, 0.15) is 72.9 Å². The number of hydrazone groups is 2. The Balaban J connectivity index is -0.000000228. The van der Waals surface area contributed by atoms with Crippen molar-refractivity contribution in [3.63, 3.8) is 0 Å². The number of allylic oxidation sites excluding steroid dienone is 1. The Hall–Kier alpha value is -3.42. The van der Waals surface area contributed by atoms with Crippen molar-refractivity contribution < 1.29 is 2.74 Å². The minimum atomic E-state index is 0. The van der Waals surface area contributed by atoms with Crippen molar-refractivity contribution in [1.29, 1.82) is 0 Å². The fourth-order valence-electron chi connectivity index (χ4n) is 2.92. The minimum absolute atomic E-state index is 0. The highest BCUT2D eigenvalue weighted by Crippen LogP contribution is 2.23. The Kier molecular flexibility index (Phi) is 27.7. The number of nitrogen functional groups attached to an aromatic ring is 1. The van der Waals surface area contributed by atoms with Gasteiger partial charge in [0.1, 0.15) is 4.62 Å². The van der Waals surface area contributed by atoms with Crippen LogP contribution in [0.4, 0.5) is 17.1 Å². The predicted octanol–water partition coefficient (Wildman–Crippen LogP) is 10.6. The van der Waals surface area contributed by atoms with Gasteiger partial charge in [0.05, 0.1) is 17.4 Å². The van der Waals surface area contributed by atoms with Crippen molar-refractivity contribution in [3.05, 3.63) is 104 Å². The Bertz CT molecular complexity index is 1020. The summed E-state index contributed by atoms with van der Waals surface area (Å²) < 4.78 is 12.3. The first-order chi connectivity index (χ1) is 19.9. The molecule has 3 aromatic rings. The number of rotatable bonds is 4. The molecule has 0 spiro atoms. The Morgan fingerprint density at radius 1 is 0.975 bits per heavy atom. The van der Waals surface area contributed by atoms with Gasteiger partial charge < -0.3 is 5.43 Å². The van der Waals surface area contributed by atoms with Crippen LogP contribution in [0.5, 0.6) is 0 Å². The van der Waals surface area contributed by atoms with Gasteiger partial charge in [-0.3, -0.25) is 16.3 Å². The smallest absolute Gasteiger partial charge is 0.100 e. The molecule has 0 fully saturated rings.